The lowest BCUT2D eigenvalue weighted by Gasteiger charge is -2.21. The summed E-state index contributed by atoms with van der Waals surface area (Å²) in [5.41, 5.74) is 7.21. The number of nitrogens with two attached hydrogens (primary N) is 1. The zero-order valence-electron chi connectivity index (χ0n) is 10.7. The van der Waals surface area contributed by atoms with Gasteiger partial charge in [0.2, 0.25) is 0 Å². The minimum absolute atomic E-state index is 0.0468. The Kier molecular flexibility index (Phi) is 3.99. The maximum atomic E-state index is 13.0. The fourth-order valence-electron chi connectivity index (χ4n) is 1.90. The number of nitrogens with zero attached hydrogens (tertiary/aromatic N) is 2. The van der Waals surface area contributed by atoms with E-state index in [2.05, 4.69) is 4.98 Å². The molecule has 0 fully saturated rings. The molecule has 1 aromatic carbocycles. The lowest BCUT2D eigenvalue weighted by molar-refractivity contribution is 0.152. The van der Waals surface area contributed by atoms with Gasteiger partial charge in [0.05, 0.1) is 17.2 Å². The molecule has 0 unspecified atom stereocenters. The van der Waals surface area contributed by atoms with Crippen LogP contribution < -0.4 is 10.6 Å². The number of nitrogen functional groups attached to an aromatic ring is 1. The van der Waals surface area contributed by atoms with E-state index in [0.29, 0.717) is 17.9 Å². The Labute approximate surface area is 114 Å². The van der Waals surface area contributed by atoms with Crippen molar-refractivity contribution in [2.75, 3.05) is 17.7 Å². The van der Waals surface area contributed by atoms with Gasteiger partial charge in [-0.05, 0) is 25.1 Å². The topological polar surface area (TPSA) is 42.2 Å². The summed E-state index contributed by atoms with van der Waals surface area (Å²) in [4.78, 5) is 6.09. The van der Waals surface area contributed by atoms with Gasteiger partial charge >= 0.3 is 0 Å². The third-order valence-corrected chi connectivity index (χ3v) is 3.59. The van der Waals surface area contributed by atoms with E-state index in [1.54, 1.807) is 35.4 Å². The van der Waals surface area contributed by atoms with E-state index in [9.17, 15) is 8.78 Å². The average molecular weight is 283 g/mol. The summed E-state index contributed by atoms with van der Waals surface area (Å²) < 4.78 is 26.0. The average Bonchev–Trinajstić information content (AvgIpc) is 2.74. The molecule has 0 bridgehead atoms. The van der Waals surface area contributed by atoms with Gasteiger partial charge in [-0.25, -0.2) is 13.8 Å². The Morgan fingerprint density at radius 3 is 2.74 bits per heavy atom. The highest BCUT2D eigenvalue weighted by molar-refractivity contribution is 7.09. The number of thiazole rings is 1. The maximum absolute atomic E-state index is 13.0. The first-order valence-electron chi connectivity index (χ1n) is 5.77. The Balaban J connectivity index is 2.25. The first-order chi connectivity index (χ1) is 8.97. The van der Waals surface area contributed by atoms with E-state index in [-0.39, 0.29) is 5.56 Å². The minimum atomic E-state index is -2.54. The standard InChI is InChI=1S/C13H15F2N3S/c1-8-17-10(7-19-8)6-18(2)12-4-3-9(16)5-11(12)13(14)15/h3-5,7,13H,6,16H2,1-2H3. The number of aryl methyl sites for hydroxylation is 1. The van der Waals surface area contributed by atoms with E-state index in [4.69, 9.17) is 5.73 Å². The molecular weight excluding hydrogens is 268 g/mol. The third kappa shape index (κ3) is 3.20. The molecule has 3 nitrogen and oxygen atoms in total. The highest BCUT2D eigenvalue weighted by Crippen LogP contribution is 2.31. The predicted molar refractivity (Wildman–Crippen MR) is 74.8 cm³/mol. The Morgan fingerprint density at radius 2 is 2.16 bits per heavy atom. The summed E-state index contributed by atoms with van der Waals surface area (Å²) in [6.07, 6.45) is -2.54. The Bertz CT molecular complexity index is 569. The first kappa shape index (κ1) is 13.7. The molecule has 0 aliphatic carbocycles. The largest absolute Gasteiger partial charge is 0.399 e. The molecule has 0 amide bonds. The fourth-order valence-corrected chi connectivity index (χ4v) is 2.51. The summed E-state index contributed by atoms with van der Waals surface area (Å²) in [5, 5.41) is 2.90. The number of hydrogen-bond acceptors (Lipinski definition) is 4. The molecule has 102 valence electrons. The van der Waals surface area contributed by atoms with Gasteiger partial charge in [0, 0.05) is 29.4 Å². The van der Waals surface area contributed by atoms with Gasteiger partial charge in [0.15, 0.2) is 0 Å². The van der Waals surface area contributed by atoms with Crippen molar-refractivity contribution in [3.8, 4) is 0 Å². The molecule has 0 spiro atoms. The van der Waals surface area contributed by atoms with E-state index in [1.807, 2.05) is 12.3 Å². The van der Waals surface area contributed by atoms with Crippen LogP contribution in [0.4, 0.5) is 20.2 Å². The zero-order chi connectivity index (χ0) is 14.0. The molecule has 0 aliphatic heterocycles. The summed E-state index contributed by atoms with van der Waals surface area (Å²) in [6, 6.07) is 4.57. The van der Waals surface area contributed by atoms with Gasteiger partial charge in [0.1, 0.15) is 0 Å². The van der Waals surface area contributed by atoms with Crippen molar-refractivity contribution in [2.24, 2.45) is 0 Å². The van der Waals surface area contributed by atoms with Crippen LogP contribution in [0.15, 0.2) is 23.6 Å². The number of anilines is 2. The molecule has 0 radical (unpaired) electrons. The number of rotatable bonds is 4. The van der Waals surface area contributed by atoms with Crippen LogP contribution in [0, 0.1) is 6.92 Å². The van der Waals surface area contributed by atoms with E-state index < -0.39 is 6.43 Å². The molecule has 2 rings (SSSR count). The zero-order valence-corrected chi connectivity index (χ0v) is 11.5. The molecule has 0 atom stereocenters. The van der Waals surface area contributed by atoms with Crippen molar-refractivity contribution < 1.29 is 8.78 Å². The normalized spacial score (nSPS) is 11.0. The lowest BCUT2D eigenvalue weighted by atomic mass is 10.1. The Hall–Kier alpha value is -1.69. The predicted octanol–water partition coefficient (Wildman–Crippen LogP) is 3.61. The van der Waals surface area contributed by atoms with Crippen molar-refractivity contribution in [3.05, 3.63) is 39.8 Å². The molecule has 6 heteroatoms. The quantitative estimate of drug-likeness (QED) is 0.872. The van der Waals surface area contributed by atoms with Gasteiger partial charge in [-0.1, -0.05) is 0 Å². The van der Waals surface area contributed by atoms with E-state index in [0.717, 1.165) is 10.7 Å². The molecule has 1 aromatic heterocycles. The second-order valence-corrected chi connectivity index (χ2v) is 5.40. The number of aromatic nitrogens is 1. The minimum Gasteiger partial charge on any atom is -0.399 e. The van der Waals surface area contributed by atoms with Crippen LogP contribution in [0.1, 0.15) is 22.7 Å². The highest BCUT2D eigenvalue weighted by atomic mass is 32.1. The number of alkyl halides is 2. The smallest absolute Gasteiger partial charge is 0.265 e. The highest BCUT2D eigenvalue weighted by Gasteiger charge is 2.16. The molecule has 0 saturated heterocycles. The van der Waals surface area contributed by atoms with Crippen LogP contribution in [0.2, 0.25) is 0 Å². The van der Waals surface area contributed by atoms with Gasteiger partial charge in [-0.2, -0.15) is 0 Å². The van der Waals surface area contributed by atoms with Crippen LogP contribution in [-0.4, -0.2) is 12.0 Å². The van der Waals surface area contributed by atoms with Gasteiger partial charge in [-0.3, -0.25) is 0 Å². The Morgan fingerprint density at radius 1 is 1.42 bits per heavy atom. The summed E-state index contributed by atoms with van der Waals surface area (Å²) in [6.45, 7) is 2.41. The molecule has 2 N–H and O–H groups in total. The monoisotopic (exact) mass is 283 g/mol. The van der Waals surface area contributed by atoms with Gasteiger partial charge in [-0.15, -0.1) is 11.3 Å². The maximum Gasteiger partial charge on any atom is 0.265 e. The van der Waals surface area contributed by atoms with E-state index >= 15 is 0 Å². The van der Waals surface area contributed by atoms with Crippen molar-refractivity contribution in [3.63, 3.8) is 0 Å². The van der Waals surface area contributed by atoms with Crippen LogP contribution in [0.5, 0.6) is 0 Å². The van der Waals surface area contributed by atoms with E-state index in [1.165, 1.54) is 6.07 Å². The van der Waals surface area contributed by atoms with Crippen LogP contribution in [-0.2, 0) is 6.54 Å². The summed E-state index contributed by atoms with van der Waals surface area (Å²) in [7, 11) is 1.77. The summed E-state index contributed by atoms with van der Waals surface area (Å²) >= 11 is 1.55. The van der Waals surface area contributed by atoms with Crippen LogP contribution in [0.25, 0.3) is 0 Å². The second-order valence-electron chi connectivity index (χ2n) is 4.33. The molecular formula is C13H15F2N3S. The lowest BCUT2D eigenvalue weighted by Crippen LogP contribution is -2.18. The number of hydrogen-bond donors (Lipinski definition) is 1. The molecule has 0 aliphatic rings. The number of benzene rings is 1. The van der Waals surface area contributed by atoms with Crippen molar-refractivity contribution >= 4 is 22.7 Å². The van der Waals surface area contributed by atoms with Crippen molar-refractivity contribution in [1.82, 2.24) is 4.98 Å². The van der Waals surface area contributed by atoms with Crippen molar-refractivity contribution in [2.45, 2.75) is 19.9 Å². The summed E-state index contributed by atoms with van der Waals surface area (Å²) in [5.74, 6) is 0. The van der Waals surface area contributed by atoms with Crippen LogP contribution in [0.3, 0.4) is 0 Å². The van der Waals surface area contributed by atoms with Gasteiger partial charge < -0.3 is 10.6 Å². The third-order valence-electron chi connectivity index (χ3n) is 2.76. The number of halogens is 2. The van der Waals surface area contributed by atoms with Gasteiger partial charge in [0.25, 0.3) is 6.43 Å². The van der Waals surface area contributed by atoms with Crippen LogP contribution >= 0.6 is 11.3 Å². The molecule has 19 heavy (non-hydrogen) atoms. The molecule has 0 saturated carbocycles. The second kappa shape index (κ2) is 5.52. The molecule has 2 aromatic rings. The first-order valence-corrected chi connectivity index (χ1v) is 6.65. The SMILES string of the molecule is Cc1nc(CN(C)c2ccc(N)cc2C(F)F)cs1. The molecule has 1 heterocycles. The fraction of sp³-hybridized carbons (Fsp3) is 0.308. The van der Waals surface area contributed by atoms with Crippen molar-refractivity contribution in [1.29, 1.82) is 0 Å².